The molecule has 1 aromatic heterocycles. The van der Waals surface area contributed by atoms with E-state index >= 15 is 0 Å². The molecule has 1 amide bonds. The summed E-state index contributed by atoms with van der Waals surface area (Å²) in [5.74, 6) is -0.294. The van der Waals surface area contributed by atoms with E-state index in [1.807, 2.05) is 0 Å². The highest BCUT2D eigenvalue weighted by Gasteiger charge is 2.24. The quantitative estimate of drug-likeness (QED) is 0.687. The standard InChI is InChI=1S/C13H20N4O3/c1-4-16-5-7-17(8-6-16)12(19)10-9-14(2)13(20)15(3)11(10)18/h9H,4-8H2,1-3H3. The van der Waals surface area contributed by atoms with E-state index in [0.29, 0.717) is 13.1 Å². The van der Waals surface area contributed by atoms with Crippen LogP contribution in [0.3, 0.4) is 0 Å². The molecule has 0 aromatic carbocycles. The van der Waals surface area contributed by atoms with Crippen molar-refractivity contribution in [1.82, 2.24) is 18.9 Å². The largest absolute Gasteiger partial charge is 0.336 e. The molecule has 110 valence electrons. The Bertz CT molecular complexity index is 623. The second kappa shape index (κ2) is 5.62. The lowest BCUT2D eigenvalue weighted by molar-refractivity contribution is 0.0640. The van der Waals surface area contributed by atoms with Crippen LogP contribution in [0.4, 0.5) is 0 Å². The third-order valence-electron chi connectivity index (χ3n) is 3.78. The van der Waals surface area contributed by atoms with Crippen LogP contribution >= 0.6 is 0 Å². The van der Waals surface area contributed by atoms with Crippen LogP contribution in [0.25, 0.3) is 0 Å². The molecule has 2 heterocycles. The van der Waals surface area contributed by atoms with Crippen LogP contribution in [0.2, 0.25) is 0 Å². The molecule has 0 spiro atoms. The first-order chi connectivity index (χ1) is 9.45. The highest BCUT2D eigenvalue weighted by atomic mass is 16.2. The molecular formula is C13H20N4O3. The van der Waals surface area contributed by atoms with Gasteiger partial charge in [0.05, 0.1) is 0 Å². The number of carbonyl (C=O) groups excluding carboxylic acids is 1. The lowest BCUT2D eigenvalue weighted by atomic mass is 10.2. The normalized spacial score (nSPS) is 16.4. The highest BCUT2D eigenvalue weighted by Crippen LogP contribution is 2.05. The van der Waals surface area contributed by atoms with E-state index < -0.39 is 11.2 Å². The average molecular weight is 280 g/mol. The summed E-state index contributed by atoms with van der Waals surface area (Å²) in [6, 6.07) is 0. The molecule has 1 aliphatic heterocycles. The van der Waals surface area contributed by atoms with Crippen LogP contribution in [0, 0.1) is 0 Å². The Kier molecular flexibility index (Phi) is 4.08. The second-order valence-electron chi connectivity index (χ2n) is 5.03. The Hall–Kier alpha value is -1.89. The van der Waals surface area contributed by atoms with Gasteiger partial charge >= 0.3 is 5.69 Å². The van der Waals surface area contributed by atoms with Crippen LogP contribution in [-0.4, -0.2) is 57.6 Å². The molecule has 0 radical (unpaired) electrons. The number of carbonyl (C=O) groups is 1. The fraction of sp³-hybridized carbons (Fsp3) is 0.615. The predicted octanol–water partition coefficient (Wildman–Crippen LogP) is -1.14. The first-order valence-electron chi connectivity index (χ1n) is 6.74. The van der Waals surface area contributed by atoms with Crippen molar-refractivity contribution < 1.29 is 4.79 Å². The Morgan fingerprint density at radius 3 is 2.30 bits per heavy atom. The average Bonchev–Trinajstić information content (AvgIpc) is 2.48. The van der Waals surface area contributed by atoms with Crippen LogP contribution < -0.4 is 11.2 Å². The third-order valence-corrected chi connectivity index (χ3v) is 3.78. The minimum absolute atomic E-state index is 0.0551. The summed E-state index contributed by atoms with van der Waals surface area (Å²) in [5.41, 5.74) is -0.905. The van der Waals surface area contributed by atoms with E-state index in [9.17, 15) is 14.4 Å². The van der Waals surface area contributed by atoms with Crippen molar-refractivity contribution in [3.05, 3.63) is 32.6 Å². The maximum Gasteiger partial charge on any atom is 0.330 e. The number of rotatable bonds is 2. The van der Waals surface area contributed by atoms with Crippen LogP contribution in [0.1, 0.15) is 17.3 Å². The van der Waals surface area contributed by atoms with Crippen LogP contribution in [0.15, 0.2) is 15.8 Å². The monoisotopic (exact) mass is 280 g/mol. The van der Waals surface area contributed by atoms with Gasteiger partial charge in [0, 0.05) is 46.5 Å². The van der Waals surface area contributed by atoms with Crippen molar-refractivity contribution in [2.24, 2.45) is 14.1 Å². The van der Waals surface area contributed by atoms with Crippen LogP contribution in [-0.2, 0) is 14.1 Å². The molecule has 7 heteroatoms. The number of nitrogens with zero attached hydrogens (tertiary/aromatic N) is 4. The molecule has 0 atom stereocenters. The topological polar surface area (TPSA) is 67.5 Å². The lowest BCUT2D eigenvalue weighted by Gasteiger charge is -2.33. The van der Waals surface area contributed by atoms with E-state index in [2.05, 4.69) is 11.8 Å². The summed E-state index contributed by atoms with van der Waals surface area (Å²) in [4.78, 5) is 40.0. The minimum atomic E-state index is -0.531. The zero-order valence-electron chi connectivity index (χ0n) is 12.1. The number of hydrogen-bond donors (Lipinski definition) is 0. The van der Waals surface area contributed by atoms with Gasteiger partial charge in [-0.15, -0.1) is 0 Å². The van der Waals surface area contributed by atoms with Gasteiger partial charge in [-0.25, -0.2) is 4.79 Å². The molecule has 0 saturated carbocycles. The van der Waals surface area contributed by atoms with E-state index in [1.165, 1.54) is 24.9 Å². The second-order valence-corrected chi connectivity index (χ2v) is 5.03. The maximum absolute atomic E-state index is 12.4. The van der Waals surface area contributed by atoms with Crippen molar-refractivity contribution in [3.8, 4) is 0 Å². The zero-order chi connectivity index (χ0) is 14.9. The fourth-order valence-electron chi connectivity index (χ4n) is 2.39. The molecule has 1 aromatic rings. The van der Waals surface area contributed by atoms with Gasteiger partial charge in [-0.3, -0.25) is 14.2 Å². The molecule has 0 bridgehead atoms. The molecule has 0 unspecified atom stereocenters. The summed E-state index contributed by atoms with van der Waals surface area (Å²) in [6.45, 7) is 5.89. The summed E-state index contributed by atoms with van der Waals surface area (Å²) < 4.78 is 2.23. The van der Waals surface area contributed by atoms with E-state index in [1.54, 1.807) is 4.90 Å². The van der Waals surface area contributed by atoms with Gasteiger partial charge in [-0.2, -0.15) is 0 Å². The number of likely N-dealkylation sites (N-methyl/N-ethyl adjacent to an activating group) is 1. The van der Waals surface area contributed by atoms with Gasteiger partial charge in [-0.1, -0.05) is 6.92 Å². The fourth-order valence-corrected chi connectivity index (χ4v) is 2.39. The van der Waals surface area contributed by atoms with E-state index in [4.69, 9.17) is 0 Å². The molecule has 0 aliphatic carbocycles. The van der Waals surface area contributed by atoms with Gasteiger partial charge in [0.25, 0.3) is 11.5 Å². The first kappa shape index (κ1) is 14.5. The summed E-state index contributed by atoms with van der Waals surface area (Å²) in [6.07, 6.45) is 1.33. The van der Waals surface area contributed by atoms with E-state index in [0.717, 1.165) is 24.2 Å². The predicted molar refractivity (Wildman–Crippen MR) is 74.9 cm³/mol. The maximum atomic E-state index is 12.4. The van der Waals surface area contributed by atoms with Crippen molar-refractivity contribution in [1.29, 1.82) is 0 Å². The molecule has 2 rings (SSSR count). The Morgan fingerprint density at radius 2 is 1.75 bits per heavy atom. The molecule has 7 nitrogen and oxygen atoms in total. The van der Waals surface area contributed by atoms with Crippen molar-refractivity contribution in [2.45, 2.75) is 6.92 Å². The Morgan fingerprint density at radius 1 is 1.15 bits per heavy atom. The first-order valence-corrected chi connectivity index (χ1v) is 6.74. The summed E-state index contributed by atoms with van der Waals surface area (Å²) in [7, 11) is 2.92. The molecule has 20 heavy (non-hydrogen) atoms. The summed E-state index contributed by atoms with van der Waals surface area (Å²) in [5, 5.41) is 0. The Balaban J connectivity index is 2.27. The smallest absolute Gasteiger partial charge is 0.330 e. The Labute approximate surface area is 117 Å². The van der Waals surface area contributed by atoms with Crippen LogP contribution in [0.5, 0.6) is 0 Å². The molecule has 1 fully saturated rings. The van der Waals surface area contributed by atoms with Crippen molar-refractivity contribution in [2.75, 3.05) is 32.7 Å². The number of amides is 1. The molecular weight excluding hydrogens is 260 g/mol. The van der Waals surface area contributed by atoms with Gasteiger partial charge in [0.2, 0.25) is 0 Å². The minimum Gasteiger partial charge on any atom is -0.336 e. The van der Waals surface area contributed by atoms with Crippen molar-refractivity contribution in [3.63, 3.8) is 0 Å². The van der Waals surface area contributed by atoms with Gasteiger partial charge in [-0.05, 0) is 6.54 Å². The lowest BCUT2D eigenvalue weighted by Crippen LogP contribution is -2.50. The number of aryl methyl sites for hydroxylation is 1. The zero-order valence-corrected chi connectivity index (χ0v) is 12.1. The summed E-state index contributed by atoms with van der Waals surface area (Å²) >= 11 is 0. The SMILES string of the molecule is CCN1CCN(C(=O)c2cn(C)c(=O)n(C)c2=O)CC1. The van der Waals surface area contributed by atoms with Crippen molar-refractivity contribution >= 4 is 5.91 Å². The molecule has 1 saturated heterocycles. The van der Waals surface area contributed by atoms with Gasteiger partial charge in [0.15, 0.2) is 0 Å². The van der Waals surface area contributed by atoms with E-state index in [-0.39, 0.29) is 11.5 Å². The highest BCUT2D eigenvalue weighted by molar-refractivity contribution is 5.93. The number of piperazine rings is 1. The number of aromatic nitrogens is 2. The number of hydrogen-bond acceptors (Lipinski definition) is 4. The molecule has 1 aliphatic rings. The van der Waals surface area contributed by atoms with Gasteiger partial charge < -0.3 is 14.4 Å². The van der Waals surface area contributed by atoms with Gasteiger partial charge in [0.1, 0.15) is 5.56 Å². The molecule has 0 N–H and O–H groups in total. The third kappa shape index (κ3) is 2.53.